The number of nitrogens with one attached hydrogen (secondary N) is 1. The van der Waals surface area contributed by atoms with Crippen molar-refractivity contribution in [3.8, 4) is 5.75 Å². The molecule has 0 saturated heterocycles. The number of para-hydroxylation sites is 1. The van der Waals surface area contributed by atoms with Gasteiger partial charge in [0.05, 0.1) is 29.2 Å². The highest BCUT2D eigenvalue weighted by atomic mass is 35.5. The number of halogens is 2. The minimum absolute atomic E-state index is 0.161. The van der Waals surface area contributed by atoms with Crippen LogP contribution in [0.2, 0.25) is 10.0 Å². The quantitative estimate of drug-likeness (QED) is 0.348. The molecule has 0 saturated carbocycles. The number of ether oxygens (including phenoxy) is 1. The first kappa shape index (κ1) is 22.9. The first-order valence-corrected chi connectivity index (χ1v) is 11.0. The van der Waals surface area contributed by atoms with Crippen LogP contribution in [0.1, 0.15) is 38.8 Å². The summed E-state index contributed by atoms with van der Waals surface area (Å²) >= 11 is 12.3. The number of aryl methyl sites for hydroxylation is 2. The first-order valence-electron chi connectivity index (χ1n) is 10.3. The zero-order valence-electron chi connectivity index (χ0n) is 18.4. The molecule has 2 aromatic heterocycles. The Morgan fingerprint density at radius 3 is 2.61 bits per heavy atom. The lowest BCUT2D eigenvalue weighted by atomic mass is 10.2. The van der Waals surface area contributed by atoms with Crippen LogP contribution in [0.15, 0.2) is 53.1 Å². The number of nitrogens with zero attached hydrogens (tertiary/aromatic N) is 3. The Morgan fingerprint density at radius 1 is 1.12 bits per heavy atom. The molecular formula is C24H22Cl2N4O3. The third-order valence-electron chi connectivity index (χ3n) is 5.28. The van der Waals surface area contributed by atoms with Crippen LogP contribution in [0.4, 0.5) is 5.69 Å². The molecule has 0 atom stereocenters. The summed E-state index contributed by atoms with van der Waals surface area (Å²) in [6.07, 6.45) is 0. The van der Waals surface area contributed by atoms with E-state index in [2.05, 4.69) is 15.6 Å². The SMILES string of the molecule is Cc1nn(Cc2ccc(Cl)cc2Cl)c(C)c1NC(=O)c1noc(C)c1COc1ccccc1. The highest BCUT2D eigenvalue weighted by molar-refractivity contribution is 6.35. The zero-order valence-corrected chi connectivity index (χ0v) is 19.9. The van der Waals surface area contributed by atoms with Gasteiger partial charge in [0.1, 0.15) is 18.1 Å². The molecule has 2 aromatic carbocycles. The summed E-state index contributed by atoms with van der Waals surface area (Å²) in [7, 11) is 0. The van der Waals surface area contributed by atoms with E-state index in [-0.39, 0.29) is 12.3 Å². The lowest BCUT2D eigenvalue weighted by Crippen LogP contribution is -2.16. The number of hydrogen-bond donors (Lipinski definition) is 1. The summed E-state index contributed by atoms with van der Waals surface area (Å²) in [6.45, 7) is 6.06. The van der Waals surface area contributed by atoms with E-state index in [0.717, 1.165) is 11.3 Å². The maximum Gasteiger partial charge on any atom is 0.278 e. The van der Waals surface area contributed by atoms with Gasteiger partial charge in [-0.3, -0.25) is 9.48 Å². The van der Waals surface area contributed by atoms with Crippen molar-refractivity contribution in [1.29, 1.82) is 0 Å². The van der Waals surface area contributed by atoms with Crippen molar-refractivity contribution in [2.24, 2.45) is 0 Å². The van der Waals surface area contributed by atoms with Crippen molar-refractivity contribution in [3.05, 3.63) is 92.5 Å². The van der Waals surface area contributed by atoms with E-state index in [1.807, 2.05) is 50.2 Å². The van der Waals surface area contributed by atoms with Crippen LogP contribution < -0.4 is 10.1 Å². The van der Waals surface area contributed by atoms with Crippen LogP contribution in [-0.4, -0.2) is 20.8 Å². The molecule has 0 aliphatic carbocycles. The normalized spacial score (nSPS) is 10.9. The van der Waals surface area contributed by atoms with E-state index in [0.29, 0.717) is 45.0 Å². The van der Waals surface area contributed by atoms with Gasteiger partial charge in [-0.2, -0.15) is 5.10 Å². The number of carbonyl (C=O) groups excluding carboxylic acids is 1. The standard InChI is InChI=1S/C24H22Cl2N4O3/c1-14-22(15(2)30(28-14)12-17-9-10-18(25)11-21(17)26)27-24(31)23-20(16(3)33-29-23)13-32-19-7-5-4-6-8-19/h4-11H,12-13H2,1-3H3,(H,27,31). The van der Waals surface area contributed by atoms with Gasteiger partial charge in [0.2, 0.25) is 0 Å². The lowest BCUT2D eigenvalue weighted by Gasteiger charge is -2.09. The molecular weight excluding hydrogens is 463 g/mol. The van der Waals surface area contributed by atoms with Gasteiger partial charge >= 0.3 is 0 Å². The molecule has 0 aliphatic heterocycles. The Labute approximate surface area is 201 Å². The Morgan fingerprint density at radius 2 is 1.88 bits per heavy atom. The molecule has 0 spiro atoms. The average Bonchev–Trinajstić information content (AvgIpc) is 3.29. The van der Waals surface area contributed by atoms with Crippen LogP contribution in [0.25, 0.3) is 0 Å². The van der Waals surface area contributed by atoms with E-state index in [4.69, 9.17) is 32.5 Å². The molecule has 0 fully saturated rings. The summed E-state index contributed by atoms with van der Waals surface area (Å²) in [4.78, 5) is 13.1. The second kappa shape index (κ2) is 9.68. The van der Waals surface area contributed by atoms with Crippen molar-refractivity contribution in [2.75, 3.05) is 5.32 Å². The van der Waals surface area contributed by atoms with E-state index in [9.17, 15) is 4.79 Å². The molecule has 1 N–H and O–H groups in total. The number of amides is 1. The van der Waals surface area contributed by atoms with E-state index >= 15 is 0 Å². The molecule has 33 heavy (non-hydrogen) atoms. The van der Waals surface area contributed by atoms with Crippen LogP contribution in [-0.2, 0) is 13.2 Å². The van der Waals surface area contributed by atoms with Crippen LogP contribution in [0, 0.1) is 20.8 Å². The van der Waals surface area contributed by atoms with Crippen LogP contribution >= 0.6 is 23.2 Å². The monoisotopic (exact) mass is 484 g/mol. The predicted molar refractivity (Wildman–Crippen MR) is 127 cm³/mol. The van der Waals surface area contributed by atoms with Gasteiger partial charge in [-0.15, -0.1) is 0 Å². The van der Waals surface area contributed by atoms with Crippen molar-refractivity contribution in [1.82, 2.24) is 14.9 Å². The second-order valence-electron chi connectivity index (χ2n) is 7.56. The summed E-state index contributed by atoms with van der Waals surface area (Å²) in [5.41, 5.74) is 3.71. The fourth-order valence-electron chi connectivity index (χ4n) is 3.43. The largest absolute Gasteiger partial charge is 0.489 e. The van der Waals surface area contributed by atoms with Gasteiger partial charge in [0, 0.05) is 10.0 Å². The van der Waals surface area contributed by atoms with Crippen molar-refractivity contribution in [3.63, 3.8) is 0 Å². The van der Waals surface area contributed by atoms with Crippen molar-refractivity contribution < 1.29 is 14.1 Å². The molecule has 0 unspecified atom stereocenters. The highest BCUT2D eigenvalue weighted by Gasteiger charge is 2.23. The highest BCUT2D eigenvalue weighted by Crippen LogP contribution is 2.26. The molecule has 0 bridgehead atoms. The predicted octanol–water partition coefficient (Wildman–Crippen LogP) is 5.98. The number of carbonyl (C=O) groups is 1. The maximum absolute atomic E-state index is 13.1. The Bertz CT molecular complexity index is 1300. The van der Waals surface area contributed by atoms with Crippen LogP contribution in [0.5, 0.6) is 5.75 Å². The third-order valence-corrected chi connectivity index (χ3v) is 5.87. The molecule has 1 amide bonds. The van der Waals surface area contributed by atoms with Gasteiger partial charge in [-0.25, -0.2) is 0 Å². The Hall–Kier alpha value is -3.29. The fourth-order valence-corrected chi connectivity index (χ4v) is 3.90. The average molecular weight is 485 g/mol. The van der Waals surface area contributed by atoms with E-state index < -0.39 is 5.91 Å². The number of aromatic nitrogens is 3. The first-order chi connectivity index (χ1) is 15.8. The van der Waals surface area contributed by atoms with Gasteiger partial charge in [0.25, 0.3) is 5.91 Å². The molecule has 0 radical (unpaired) electrons. The summed E-state index contributed by atoms with van der Waals surface area (Å²) in [5, 5.41) is 12.6. The van der Waals surface area contributed by atoms with Gasteiger partial charge in [-0.1, -0.05) is 52.6 Å². The summed E-state index contributed by atoms with van der Waals surface area (Å²) in [5.74, 6) is 0.824. The minimum atomic E-state index is -0.395. The third kappa shape index (κ3) is 5.05. The Balaban J connectivity index is 1.52. The molecule has 7 nitrogen and oxygen atoms in total. The molecule has 0 aliphatic rings. The fraction of sp³-hybridized carbons (Fsp3) is 0.208. The molecule has 4 rings (SSSR count). The number of rotatable bonds is 7. The maximum atomic E-state index is 13.1. The van der Waals surface area contributed by atoms with Gasteiger partial charge < -0.3 is 14.6 Å². The molecule has 9 heteroatoms. The lowest BCUT2D eigenvalue weighted by molar-refractivity contribution is 0.101. The molecule has 2 heterocycles. The number of hydrogen-bond acceptors (Lipinski definition) is 5. The van der Waals surface area contributed by atoms with Gasteiger partial charge in [-0.05, 0) is 50.6 Å². The second-order valence-corrected chi connectivity index (χ2v) is 8.40. The van der Waals surface area contributed by atoms with Crippen molar-refractivity contribution in [2.45, 2.75) is 33.9 Å². The molecule has 170 valence electrons. The van der Waals surface area contributed by atoms with E-state index in [1.54, 1.807) is 23.7 Å². The van der Waals surface area contributed by atoms with Crippen LogP contribution in [0.3, 0.4) is 0 Å². The topological polar surface area (TPSA) is 82.2 Å². The zero-order chi connectivity index (χ0) is 23.5. The summed E-state index contributed by atoms with van der Waals surface area (Å²) in [6, 6.07) is 14.7. The smallest absolute Gasteiger partial charge is 0.278 e. The van der Waals surface area contributed by atoms with E-state index in [1.165, 1.54) is 0 Å². The minimum Gasteiger partial charge on any atom is -0.489 e. The van der Waals surface area contributed by atoms with Crippen molar-refractivity contribution >= 4 is 34.8 Å². The summed E-state index contributed by atoms with van der Waals surface area (Å²) < 4.78 is 12.8. The number of benzene rings is 2. The van der Waals surface area contributed by atoms with Gasteiger partial charge in [0.15, 0.2) is 5.69 Å². The molecule has 4 aromatic rings. The Kier molecular flexibility index (Phi) is 6.72. The number of anilines is 1.